The minimum Gasteiger partial charge on any atom is -0.444 e. The molecule has 0 fully saturated rings. The van der Waals surface area contributed by atoms with Crippen molar-refractivity contribution in [1.29, 1.82) is 0 Å². The fraction of sp³-hybridized carbons (Fsp3) is 0.250. The van der Waals surface area contributed by atoms with Gasteiger partial charge in [0.15, 0.2) is 0 Å². The highest BCUT2D eigenvalue weighted by atomic mass is 19.1. The number of hydrogen-bond acceptors (Lipinski definition) is 3. The number of nitrogens with zero attached hydrogens (tertiary/aromatic N) is 1. The molecule has 0 spiro atoms. The fourth-order valence-corrected chi connectivity index (χ4v) is 2.83. The molecule has 4 nitrogen and oxygen atoms in total. The summed E-state index contributed by atoms with van der Waals surface area (Å²) in [6.07, 6.45) is 1.64. The molecule has 1 aliphatic heterocycles. The van der Waals surface area contributed by atoms with E-state index in [1.54, 1.807) is 0 Å². The predicted molar refractivity (Wildman–Crippen MR) is 96.7 cm³/mol. The van der Waals surface area contributed by atoms with Gasteiger partial charge in [-0.3, -0.25) is 5.32 Å². The number of anilines is 1. The number of carbonyl (C=O) groups excluding carboxylic acids is 1. The minimum atomic E-state index is -0.765. The molecule has 2 aromatic rings. The second-order valence-electron chi connectivity index (χ2n) is 6.24. The van der Waals surface area contributed by atoms with Crippen molar-refractivity contribution in [2.24, 2.45) is 0 Å². The molecule has 1 amide bonds. The van der Waals surface area contributed by atoms with Crippen molar-refractivity contribution < 1.29 is 18.3 Å². The van der Waals surface area contributed by atoms with Crippen molar-refractivity contribution in [2.75, 3.05) is 25.5 Å². The van der Waals surface area contributed by atoms with Gasteiger partial charge in [0, 0.05) is 24.3 Å². The Hall–Kier alpha value is -2.73. The molecule has 3 rings (SSSR count). The summed E-state index contributed by atoms with van der Waals surface area (Å²) >= 11 is 0. The highest BCUT2D eigenvalue weighted by Crippen LogP contribution is 2.29. The first-order valence-corrected chi connectivity index (χ1v) is 8.37. The van der Waals surface area contributed by atoms with Gasteiger partial charge in [-0.05, 0) is 36.7 Å². The molecule has 0 saturated carbocycles. The van der Waals surface area contributed by atoms with Gasteiger partial charge in [0.1, 0.15) is 18.2 Å². The van der Waals surface area contributed by atoms with Crippen LogP contribution in [0.1, 0.15) is 17.5 Å². The summed E-state index contributed by atoms with van der Waals surface area (Å²) in [5.41, 5.74) is 1.47. The number of amides is 1. The van der Waals surface area contributed by atoms with Crippen LogP contribution in [0.3, 0.4) is 0 Å². The molecule has 0 saturated heterocycles. The van der Waals surface area contributed by atoms with Crippen molar-refractivity contribution in [3.63, 3.8) is 0 Å². The first-order chi connectivity index (χ1) is 12.5. The summed E-state index contributed by atoms with van der Waals surface area (Å²) in [5.74, 6) is -1.39. The van der Waals surface area contributed by atoms with E-state index in [-0.39, 0.29) is 17.9 Å². The maximum atomic E-state index is 14.4. The summed E-state index contributed by atoms with van der Waals surface area (Å²) in [6, 6.07) is 11.4. The van der Waals surface area contributed by atoms with Gasteiger partial charge in [-0.25, -0.2) is 13.6 Å². The fourth-order valence-electron chi connectivity index (χ4n) is 2.83. The van der Waals surface area contributed by atoms with Crippen molar-refractivity contribution in [3.05, 3.63) is 71.3 Å². The highest BCUT2D eigenvalue weighted by Gasteiger charge is 2.19. The van der Waals surface area contributed by atoms with Gasteiger partial charge in [-0.2, -0.15) is 0 Å². The van der Waals surface area contributed by atoms with Crippen LogP contribution < -0.4 is 5.32 Å². The number of ether oxygens (including phenoxy) is 1. The molecule has 0 aliphatic carbocycles. The Morgan fingerprint density at radius 2 is 1.88 bits per heavy atom. The lowest BCUT2D eigenvalue weighted by Crippen LogP contribution is -2.24. The normalized spacial score (nSPS) is 14.7. The molecule has 0 unspecified atom stereocenters. The molecule has 0 atom stereocenters. The molecule has 1 aliphatic rings. The maximum Gasteiger partial charge on any atom is 0.411 e. The third kappa shape index (κ3) is 4.46. The van der Waals surface area contributed by atoms with E-state index < -0.39 is 17.7 Å². The first kappa shape index (κ1) is 18.1. The molecule has 1 N–H and O–H groups in total. The van der Waals surface area contributed by atoms with E-state index in [1.165, 1.54) is 0 Å². The van der Waals surface area contributed by atoms with E-state index in [0.717, 1.165) is 24.2 Å². The van der Waals surface area contributed by atoms with Crippen molar-refractivity contribution in [2.45, 2.75) is 13.0 Å². The minimum absolute atomic E-state index is 0.0235. The molecule has 0 bridgehead atoms. The summed E-state index contributed by atoms with van der Waals surface area (Å²) < 4.78 is 33.9. The summed E-state index contributed by atoms with van der Waals surface area (Å²) in [6.45, 7) is 1.48. The van der Waals surface area contributed by atoms with Crippen LogP contribution in [0.2, 0.25) is 0 Å². The van der Waals surface area contributed by atoms with Gasteiger partial charge in [0.05, 0.1) is 0 Å². The number of halogens is 2. The van der Waals surface area contributed by atoms with Crippen LogP contribution in [0.15, 0.2) is 48.5 Å². The van der Waals surface area contributed by atoms with Crippen molar-refractivity contribution in [1.82, 2.24) is 4.90 Å². The van der Waals surface area contributed by atoms with Crippen LogP contribution in [0.5, 0.6) is 0 Å². The van der Waals surface area contributed by atoms with Gasteiger partial charge in [0.25, 0.3) is 0 Å². The Morgan fingerprint density at radius 1 is 1.19 bits per heavy atom. The monoisotopic (exact) mass is 358 g/mol. The van der Waals surface area contributed by atoms with Gasteiger partial charge in [-0.1, -0.05) is 36.4 Å². The van der Waals surface area contributed by atoms with Crippen molar-refractivity contribution >= 4 is 17.4 Å². The van der Waals surface area contributed by atoms with Gasteiger partial charge >= 0.3 is 6.09 Å². The lowest BCUT2D eigenvalue weighted by Gasteiger charge is -2.22. The van der Waals surface area contributed by atoms with Gasteiger partial charge in [0.2, 0.25) is 0 Å². The summed E-state index contributed by atoms with van der Waals surface area (Å²) in [7, 11) is 1.95. The second-order valence-corrected chi connectivity index (χ2v) is 6.24. The number of nitrogens with one attached hydrogen (secondary N) is 1. The van der Waals surface area contributed by atoms with Crippen LogP contribution in [0.4, 0.5) is 19.3 Å². The van der Waals surface area contributed by atoms with Crippen LogP contribution in [0.25, 0.3) is 5.57 Å². The van der Waals surface area contributed by atoms with Gasteiger partial charge in [-0.15, -0.1) is 0 Å². The van der Waals surface area contributed by atoms with Crippen LogP contribution in [0, 0.1) is 11.6 Å². The zero-order valence-corrected chi connectivity index (χ0v) is 14.5. The second kappa shape index (κ2) is 8.10. The number of carbonyl (C=O) groups is 1. The molecule has 0 radical (unpaired) electrons. The van der Waals surface area contributed by atoms with E-state index in [9.17, 15) is 13.6 Å². The largest absolute Gasteiger partial charge is 0.444 e. The highest BCUT2D eigenvalue weighted by molar-refractivity contribution is 5.85. The Kier molecular flexibility index (Phi) is 5.63. The van der Waals surface area contributed by atoms with E-state index in [1.807, 2.05) is 43.5 Å². The topological polar surface area (TPSA) is 41.6 Å². The Bertz CT molecular complexity index is 799. The number of hydrogen-bond donors (Lipinski definition) is 1. The van der Waals surface area contributed by atoms with E-state index in [0.29, 0.717) is 18.5 Å². The molecule has 1 heterocycles. The number of likely N-dealkylation sites (N-methyl/N-ethyl adjacent to an activating group) is 1. The molecule has 26 heavy (non-hydrogen) atoms. The molecule has 0 aromatic heterocycles. The van der Waals surface area contributed by atoms with E-state index in [4.69, 9.17) is 4.74 Å². The molecule has 2 aromatic carbocycles. The predicted octanol–water partition coefficient (Wildman–Crippen LogP) is 4.43. The molecule has 6 heteroatoms. The Balaban J connectivity index is 1.67. The quantitative estimate of drug-likeness (QED) is 0.879. The zero-order chi connectivity index (χ0) is 18.5. The lowest BCUT2D eigenvalue weighted by atomic mass is 9.98. The van der Waals surface area contributed by atoms with E-state index >= 15 is 0 Å². The van der Waals surface area contributed by atoms with Crippen LogP contribution in [-0.4, -0.2) is 31.1 Å². The third-order valence-electron chi connectivity index (χ3n) is 4.23. The Morgan fingerprint density at radius 3 is 2.50 bits per heavy atom. The van der Waals surface area contributed by atoms with Crippen LogP contribution in [-0.2, 0) is 11.3 Å². The van der Waals surface area contributed by atoms with Crippen molar-refractivity contribution in [3.8, 4) is 0 Å². The first-order valence-electron chi connectivity index (χ1n) is 8.37. The zero-order valence-electron chi connectivity index (χ0n) is 14.5. The standard InChI is InChI=1S/C20H20F2N2O2/c1-24-9-7-15(8-10-24)19-17(21)11-16(12-18(19)22)23-20(25)26-13-14-5-3-2-4-6-14/h2-7,11-12H,8-10,13H2,1H3,(H,23,25). The smallest absolute Gasteiger partial charge is 0.411 e. The maximum absolute atomic E-state index is 14.4. The van der Waals surface area contributed by atoms with Crippen LogP contribution >= 0.6 is 0 Å². The number of rotatable bonds is 4. The molecule has 136 valence electrons. The third-order valence-corrected chi connectivity index (χ3v) is 4.23. The van der Waals surface area contributed by atoms with E-state index in [2.05, 4.69) is 10.2 Å². The number of benzene rings is 2. The molecular weight excluding hydrogens is 338 g/mol. The summed E-state index contributed by atoms with van der Waals surface area (Å²) in [4.78, 5) is 13.9. The average molecular weight is 358 g/mol. The average Bonchev–Trinajstić information content (AvgIpc) is 2.62. The summed E-state index contributed by atoms with van der Waals surface area (Å²) in [5, 5.41) is 2.36. The molecular formula is C20H20F2N2O2. The van der Waals surface area contributed by atoms with Gasteiger partial charge < -0.3 is 9.64 Å². The lowest BCUT2D eigenvalue weighted by molar-refractivity contribution is 0.155. The SMILES string of the molecule is CN1CC=C(c2c(F)cc(NC(=O)OCc3ccccc3)cc2F)CC1. The Labute approximate surface area is 151 Å².